The highest BCUT2D eigenvalue weighted by Crippen LogP contribution is 2.20. The Morgan fingerprint density at radius 1 is 1.04 bits per heavy atom. The first-order valence-electron chi connectivity index (χ1n) is 9.15. The molecule has 0 atom stereocenters. The van der Waals surface area contributed by atoms with Crippen LogP contribution in [0.2, 0.25) is 0 Å². The van der Waals surface area contributed by atoms with Crippen molar-refractivity contribution >= 4 is 17.9 Å². The maximum Gasteiger partial charge on any atom is 0.254 e. The smallest absolute Gasteiger partial charge is 0.254 e. The maximum atomic E-state index is 13.6. The molecule has 0 saturated carbocycles. The van der Waals surface area contributed by atoms with Crippen molar-refractivity contribution in [2.24, 2.45) is 0 Å². The fourth-order valence-corrected chi connectivity index (χ4v) is 3.14. The summed E-state index contributed by atoms with van der Waals surface area (Å²) in [6.07, 6.45) is 2.86. The third-order valence-corrected chi connectivity index (χ3v) is 4.84. The molecule has 1 heterocycles. The van der Waals surface area contributed by atoms with Gasteiger partial charge in [-0.2, -0.15) is 0 Å². The van der Waals surface area contributed by atoms with Gasteiger partial charge in [0.15, 0.2) is 0 Å². The predicted octanol–water partition coefficient (Wildman–Crippen LogP) is 3.14. The third kappa shape index (κ3) is 4.39. The normalized spacial score (nSPS) is 14.4. The van der Waals surface area contributed by atoms with E-state index >= 15 is 0 Å². The Kier molecular flexibility index (Phi) is 6.09. The Hall–Kier alpha value is -3.15. The summed E-state index contributed by atoms with van der Waals surface area (Å²) in [5.74, 6) is 0.0492. The molecule has 1 saturated heterocycles. The molecule has 146 valence electrons. The van der Waals surface area contributed by atoms with Gasteiger partial charge in [-0.25, -0.2) is 4.39 Å². The van der Waals surface area contributed by atoms with Crippen molar-refractivity contribution in [2.45, 2.75) is 6.92 Å². The Balaban J connectivity index is 1.59. The van der Waals surface area contributed by atoms with E-state index in [1.54, 1.807) is 47.2 Å². The lowest BCUT2D eigenvalue weighted by atomic mass is 10.1. The second-order valence-corrected chi connectivity index (χ2v) is 6.66. The number of piperazine rings is 1. The molecule has 28 heavy (non-hydrogen) atoms. The van der Waals surface area contributed by atoms with Crippen LogP contribution in [0.5, 0.6) is 5.75 Å². The van der Waals surface area contributed by atoms with Gasteiger partial charge in [-0.3, -0.25) is 9.59 Å². The molecule has 2 aromatic carbocycles. The standard InChI is InChI=1S/C22H23FN2O3/c1-16-7-8-18(15-20(16)28-2)22(27)25-13-11-24(12-14-25)21(26)10-9-17-5-3-4-6-19(17)23/h3-10,15H,11-14H2,1-2H3/b10-9+. The molecule has 1 fully saturated rings. The molecule has 0 bridgehead atoms. The second kappa shape index (κ2) is 8.69. The van der Waals surface area contributed by atoms with Gasteiger partial charge in [0.2, 0.25) is 5.91 Å². The number of aryl methyl sites for hydroxylation is 1. The van der Waals surface area contributed by atoms with Crippen molar-refractivity contribution in [3.63, 3.8) is 0 Å². The first kappa shape index (κ1) is 19.6. The van der Waals surface area contributed by atoms with Crippen molar-refractivity contribution in [1.82, 2.24) is 9.80 Å². The number of halogens is 1. The molecule has 0 unspecified atom stereocenters. The highest BCUT2D eigenvalue weighted by atomic mass is 19.1. The Morgan fingerprint density at radius 2 is 1.71 bits per heavy atom. The summed E-state index contributed by atoms with van der Waals surface area (Å²) in [4.78, 5) is 28.5. The highest BCUT2D eigenvalue weighted by molar-refractivity contribution is 5.95. The topological polar surface area (TPSA) is 49.9 Å². The van der Waals surface area contributed by atoms with Gasteiger partial charge >= 0.3 is 0 Å². The van der Waals surface area contributed by atoms with Crippen LogP contribution in [0.15, 0.2) is 48.5 Å². The van der Waals surface area contributed by atoms with Crippen LogP contribution >= 0.6 is 0 Å². The molecule has 1 aliphatic rings. The van der Waals surface area contributed by atoms with Gasteiger partial charge in [-0.05, 0) is 36.8 Å². The molecule has 6 heteroatoms. The number of amides is 2. The lowest BCUT2D eigenvalue weighted by Crippen LogP contribution is -2.50. The van der Waals surface area contributed by atoms with Crippen molar-refractivity contribution in [3.8, 4) is 5.75 Å². The zero-order valence-corrected chi connectivity index (χ0v) is 16.0. The van der Waals surface area contributed by atoms with E-state index in [2.05, 4.69) is 0 Å². The number of methoxy groups -OCH3 is 1. The average Bonchev–Trinajstić information content (AvgIpc) is 2.73. The van der Waals surface area contributed by atoms with Gasteiger partial charge in [0.1, 0.15) is 11.6 Å². The molecule has 0 aromatic heterocycles. The third-order valence-electron chi connectivity index (χ3n) is 4.84. The van der Waals surface area contributed by atoms with E-state index in [0.29, 0.717) is 43.1 Å². The zero-order valence-electron chi connectivity index (χ0n) is 16.0. The molecular weight excluding hydrogens is 359 g/mol. The van der Waals surface area contributed by atoms with E-state index in [1.165, 1.54) is 18.2 Å². The van der Waals surface area contributed by atoms with E-state index in [9.17, 15) is 14.0 Å². The van der Waals surface area contributed by atoms with Crippen LogP contribution in [0.25, 0.3) is 6.08 Å². The molecule has 2 aromatic rings. The van der Waals surface area contributed by atoms with Crippen molar-refractivity contribution in [1.29, 1.82) is 0 Å². The summed E-state index contributed by atoms with van der Waals surface area (Å²) in [6.45, 7) is 3.71. The first-order valence-corrected chi connectivity index (χ1v) is 9.15. The van der Waals surface area contributed by atoms with E-state index in [1.807, 2.05) is 13.0 Å². The minimum atomic E-state index is -0.365. The van der Waals surface area contributed by atoms with Crippen LogP contribution in [-0.4, -0.2) is 54.9 Å². The quantitative estimate of drug-likeness (QED) is 0.764. The minimum Gasteiger partial charge on any atom is -0.496 e. The second-order valence-electron chi connectivity index (χ2n) is 6.66. The van der Waals surface area contributed by atoms with Gasteiger partial charge in [0.25, 0.3) is 5.91 Å². The van der Waals surface area contributed by atoms with E-state index in [4.69, 9.17) is 4.74 Å². The largest absolute Gasteiger partial charge is 0.496 e. The number of carbonyl (C=O) groups is 2. The van der Waals surface area contributed by atoms with E-state index < -0.39 is 0 Å². The fourth-order valence-electron chi connectivity index (χ4n) is 3.14. The van der Waals surface area contributed by atoms with Crippen LogP contribution < -0.4 is 4.74 Å². The van der Waals surface area contributed by atoms with Crippen LogP contribution in [0.1, 0.15) is 21.5 Å². The minimum absolute atomic E-state index is 0.0766. The van der Waals surface area contributed by atoms with Gasteiger partial charge in [-0.1, -0.05) is 24.3 Å². The molecule has 0 aliphatic carbocycles. The lowest BCUT2D eigenvalue weighted by molar-refractivity contribution is -0.127. The number of hydrogen-bond acceptors (Lipinski definition) is 3. The molecule has 0 spiro atoms. The van der Waals surface area contributed by atoms with Crippen LogP contribution in [-0.2, 0) is 4.79 Å². The molecule has 5 nitrogen and oxygen atoms in total. The van der Waals surface area contributed by atoms with Gasteiger partial charge in [0, 0.05) is 43.4 Å². The van der Waals surface area contributed by atoms with Gasteiger partial charge in [0.05, 0.1) is 7.11 Å². The Labute approximate surface area is 164 Å². The molecule has 1 aliphatic heterocycles. The number of carbonyl (C=O) groups excluding carboxylic acids is 2. The lowest BCUT2D eigenvalue weighted by Gasteiger charge is -2.34. The molecule has 0 radical (unpaired) electrons. The summed E-state index contributed by atoms with van der Waals surface area (Å²) < 4.78 is 18.9. The number of benzene rings is 2. The van der Waals surface area contributed by atoms with Crippen LogP contribution in [0.4, 0.5) is 4.39 Å². The number of ether oxygens (including phenoxy) is 1. The van der Waals surface area contributed by atoms with Crippen molar-refractivity contribution < 1.29 is 18.7 Å². The van der Waals surface area contributed by atoms with Crippen LogP contribution in [0, 0.1) is 12.7 Å². The molecule has 3 rings (SSSR count). The Morgan fingerprint density at radius 3 is 2.39 bits per heavy atom. The SMILES string of the molecule is COc1cc(C(=O)N2CCN(C(=O)/C=C/c3ccccc3F)CC2)ccc1C. The summed E-state index contributed by atoms with van der Waals surface area (Å²) in [5, 5.41) is 0. The van der Waals surface area contributed by atoms with Crippen molar-refractivity contribution in [3.05, 3.63) is 71.0 Å². The summed E-state index contributed by atoms with van der Waals surface area (Å²) >= 11 is 0. The van der Waals surface area contributed by atoms with E-state index in [-0.39, 0.29) is 17.6 Å². The predicted molar refractivity (Wildman–Crippen MR) is 106 cm³/mol. The monoisotopic (exact) mass is 382 g/mol. The summed E-state index contributed by atoms with van der Waals surface area (Å²) in [6, 6.07) is 11.7. The molecule has 0 N–H and O–H groups in total. The number of nitrogens with zero attached hydrogens (tertiary/aromatic N) is 2. The highest BCUT2D eigenvalue weighted by Gasteiger charge is 2.24. The zero-order chi connectivity index (χ0) is 20.1. The number of rotatable bonds is 4. The summed E-state index contributed by atoms with van der Waals surface area (Å²) in [5.41, 5.74) is 1.91. The molecule has 2 amide bonds. The van der Waals surface area contributed by atoms with Gasteiger partial charge in [-0.15, -0.1) is 0 Å². The van der Waals surface area contributed by atoms with Gasteiger partial charge < -0.3 is 14.5 Å². The maximum absolute atomic E-state index is 13.6. The number of hydrogen-bond donors (Lipinski definition) is 0. The fraction of sp³-hybridized carbons (Fsp3) is 0.273. The first-order chi connectivity index (χ1) is 13.5. The molecular formula is C22H23FN2O3. The van der Waals surface area contributed by atoms with E-state index in [0.717, 1.165) is 5.56 Å². The van der Waals surface area contributed by atoms with Crippen LogP contribution in [0.3, 0.4) is 0 Å². The van der Waals surface area contributed by atoms with Crippen molar-refractivity contribution in [2.75, 3.05) is 33.3 Å². The summed E-state index contributed by atoms with van der Waals surface area (Å²) in [7, 11) is 1.58. The Bertz CT molecular complexity index is 902. The average molecular weight is 382 g/mol.